The van der Waals surface area contributed by atoms with E-state index in [1.807, 2.05) is 12.1 Å². The summed E-state index contributed by atoms with van der Waals surface area (Å²) in [5.41, 5.74) is 4.05. The average Bonchev–Trinajstić information content (AvgIpc) is 2.77. The summed E-state index contributed by atoms with van der Waals surface area (Å²) in [5, 5.41) is 6.94. The second-order valence-corrected chi connectivity index (χ2v) is 7.83. The van der Waals surface area contributed by atoms with Crippen LogP contribution >= 0.6 is 0 Å². The summed E-state index contributed by atoms with van der Waals surface area (Å²) in [4.78, 5) is 18.1. The minimum Gasteiger partial charge on any atom is -0.497 e. The number of ether oxygens (including phenoxy) is 1. The highest BCUT2D eigenvalue weighted by Crippen LogP contribution is 2.21. The highest BCUT2D eigenvalue weighted by molar-refractivity contribution is 5.85. The summed E-state index contributed by atoms with van der Waals surface area (Å²) < 4.78 is 5.21. The number of nitrogens with one attached hydrogen (secondary N) is 2. The van der Waals surface area contributed by atoms with Gasteiger partial charge in [0.25, 0.3) is 0 Å². The summed E-state index contributed by atoms with van der Waals surface area (Å²) in [6, 6.07) is 17.0. The predicted octanol–water partition coefficient (Wildman–Crippen LogP) is 2.42. The van der Waals surface area contributed by atoms with Gasteiger partial charge in [0.2, 0.25) is 5.91 Å². The lowest BCUT2D eigenvalue weighted by Gasteiger charge is -2.27. The van der Waals surface area contributed by atoms with E-state index in [1.54, 1.807) is 26.1 Å². The zero-order valence-electron chi connectivity index (χ0n) is 18.1. The fraction of sp³-hybridized carbons (Fsp3) is 0.417. The van der Waals surface area contributed by atoms with Crippen LogP contribution in [0, 0.1) is 0 Å². The van der Waals surface area contributed by atoms with Gasteiger partial charge in [0, 0.05) is 26.7 Å². The summed E-state index contributed by atoms with van der Waals surface area (Å²) in [7, 11) is 5.17. The topological polar surface area (TPSA) is 66.0 Å². The number of aliphatic imine (C=N–C) groups is 1. The molecule has 0 saturated carbocycles. The van der Waals surface area contributed by atoms with Crippen molar-refractivity contribution in [3.8, 4) is 5.75 Å². The van der Waals surface area contributed by atoms with Gasteiger partial charge in [-0.05, 0) is 54.5 Å². The lowest BCUT2D eigenvalue weighted by Crippen LogP contribution is -2.46. The number of fused-ring (bicyclic) bond motifs is 1. The van der Waals surface area contributed by atoms with Gasteiger partial charge >= 0.3 is 0 Å². The number of guanidine groups is 1. The smallest absolute Gasteiger partial charge is 0.243 e. The zero-order valence-corrected chi connectivity index (χ0v) is 18.1. The van der Waals surface area contributed by atoms with Crippen molar-refractivity contribution in [3.63, 3.8) is 0 Å². The average molecular weight is 409 g/mol. The number of hydrogen-bond acceptors (Lipinski definition) is 3. The van der Waals surface area contributed by atoms with E-state index in [1.165, 1.54) is 16.7 Å². The molecule has 0 aliphatic heterocycles. The van der Waals surface area contributed by atoms with E-state index in [0.29, 0.717) is 12.0 Å². The molecular weight excluding hydrogens is 376 g/mol. The molecule has 0 saturated heterocycles. The van der Waals surface area contributed by atoms with Crippen LogP contribution in [0.5, 0.6) is 5.75 Å². The number of nitrogens with zero attached hydrogens (tertiary/aromatic N) is 2. The van der Waals surface area contributed by atoms with Crippen LogP contribution in [-0.4, -0.2) is 57.1 Å². The van der Waals surface area contributed by atoms with Crippen molar-refractivity contribution < 1.29 is 9.53 Å². The molecule has 0 heterocycles. The fourth-order valence-corrected chi connectivity index (χ4v) is 3.57. The third-order valence-corrected chi connectivity index (χ3v) is 5.42. The minimum atomic E-state index is -0.0137. The maximum Gasteiger partial charge on any atom is 0.243 e. The quantitative estimate of drug-likeness (QED) is 0.546. The molecule has 6 nitrogen and oxygen atoms in total. The van der Waals surface area contributed by atoms with Crippen LogP contribution in [0.3, 0.4) is 0 Å². The first-order chi connectivity index (χ1) is 14.5. The maximum atomic E-state index is 12.0. The molecule has 2 N–H and O–H groups in total. The van der Waals surface area contributed by atoms with Crippen molar-refractivity contribution in [2.75, 3.05) is 34.3 Å². The second-order valence-electron chi connectivity index (χ2n) is 7.83. The van der Waals surface area contributed by atoms with Gasteiger partial charge in [0.1, 0.15) is 12.3 Å². The van der Waals surface area contributed by atoms with Crippen LogP contribution < -0.4 is 15.4 Å². The fourth-order valence-electron chi connectivity index (χ4n) is 3.57. The van der Waals surface area contributed by atoms with Crippen molar-refractivity contribution in [2.24, 2.45) is 4.99 Å². The third kappa shape index (κ3) is 6.24. The van der Waals surface area contributed by atoms with Crippen molar-refractivity contribution in [1.29, 1.82) is 0 Å². The minimum absolute atomic E-state index is 0.0137. The van der Waals surface area contributed by atoms with Crippen LogP contribution in [0.4, 0.5) is 0 Å². The van der Waals surface area contributed by atoms with Gasteiger partial charge in [-0.15, -0.1) is 0 Å². The first-order valence-corrected chi connectivity index (χ1v) is 10.5. The Morgan fingerprint density at radius 1 is 1.13 bits per heavy atom. The Labute approximate surface area is 179 Å². The number of rotatable bonds is 7. The van der Waals surface area contributed by atoms with E-state index < -0.39 is 0 Å². The normalized spacial score (nSPS) is 15.8. The summed E-state index contributed by atoms with van der Waals surface area (Å²) >= 11 is 0. The van der Waals surface area contributed by atoms with Gasteiger partial charge in [-0.1, -0.05) is 36.4 Å². The largest absolute Gasteiger partial charge is 0.497 e. The van der Waals surface area contributed by atoms with Crippen LogP contribution in [0.25, 0.3) is 0 Å². The molecule has 1 amide bonds. The molecule has 0 aromatic heterocycles. The second kappa shape index (κ2) is 10.7. The number of aryl methyl sites for hydroxylation is 1. The molecule has 30 heavy (non-hydrogen) atoms. The number of amides is 1. The maximum absolute atomic E-state index is 12.0. The van der Waals surface area contributed by atoms with Gasteiger partial charge in [-0.25, -0.2) is 4.99 Å². The SMILES string of the molecule is COc1ccc(CCNC(=NCC(=O)N(C)C)NC2CCc3ccccc3C2)cc1. The molecule has 6 heteroatoms. The Morgan fingerprint density at radius 3 is 2.57 bits per heavy atom. The predicted molar refractivity (Wildman–Crippen MR) is 121 cm³/mol. The summed E-state index contributed by atoms with van der Waals surface area (Å²) in [6.07, 6.45) is 3.94. The molecule has 1 unspecified atom stereocenters. The molecule has 1 aliphatic rings. The molecule has 2 aromatic rings. The van der Waals surface area contributed by atoms with Gasteiger partial charge in [0.05, 0.1) is 7.11 Å². The first kappa shape index (κ1) is 21.7. The van der Waals surface area contributed by atoms with Crippen LogP contribution in [0.15, 0.2) is 53.5 Å². The number of carbonyl (C=O) groups is 1. The van der Waals surface area contributed by atoms with Crippen LogP contribution in [0.1, 0.15) is 23.1 Å². The van der Waals surface area contributed by atoms with E-state index in [2.05, 4.69) is 52.0 Å². The van der Waals surface area contributed by atoms with E-state index in [-0.39, 0.29) is 12.5 Å². The van der Waals surface area contributed by atoms with Gasteiger partial charge < -0.3 is 20.3 Å². The van der Waals surface area contributed by atoms with E-state index in [9.17, 15) is 4.79 Å². The Morgan fingerprint density at radius 2 is 1.87 bits per heavy atom. The highest BCUT2D eigenvalue weighted by Gasteiger charge is 2.19. The van der Waals surface area contributed by atoms with Crippen molar-refractivity contribution in [3.05, 3.63) is 65.2 Å². The number of carbonyl (C=O) groups excluding carboxylic acids is 1. The lowest BCUT2D eigenvalue weighted by atomic mass is 9.88. The molecule has 0 radical (unpaired) electrons. The molecular formula is C24H32N4O2. The van der Waals surface area contributed by atoms with Gasteiger partial charge in [-0.3, -0.25) is 4.79 Å². The number of hydrogen-bond donors (Lipinski definition) is 2. The lowest BCUT2D eigenvalue weighted by molar-refractivity contribution is -0.127. The molecule has 3 rings (SSSR count). The molecule has 160 valence electrons. The Hall–Kier alpha value is -3.02. The Kier molecular flexibility index (Phi) is 7.71. The molecule has 2 aromatic carbocycles. The molecule has 0 bridgehead atoms. The monoisotopic (exact) mass is 408 g/mol. The third-order valence-electron chi connectivity index (χ3n) is 5.42. The zero-order chi connectivity index (χ0) is 21.3. The molecule has 1 atom stereocenters. The van der Waals surface area contributed by atoms with Crippen LogP contribution in [0.2, 0.25) is 0 Å². The number of likely N-dealkylation sites (N-methyl/N-ethyl adjacent to an activating group) is 1. The number of methoxy groups -OCH3 is 1. The van der Waals surface area contributed by atoms with E-state index in [4.69, 9.17) is 4.74 Å². The van der Waals surface area contributed by atoms with E-state index in [0.717, 1.165) is 38.0 Å². The van der Waals surface area contributed by atoms with Crippen molar-refractivity contribution in [2.45, 2.75) is 31.7 Å². The number of benzene rings is 2. The van der Waals surface area contributed by atoms with Crippen molar-refractivity contribution in [1.82, 2.24) is 15.5 Å². The Balaban J connectivity index is 1.59. The van der Waals surface area contributed by atoms with Crippen molar-refractivity contribution >= 4 is 11.9 Å². The first-order valence-electron chi connectivity index (χ1n) is 10.5. The Bertz CT molecular complexity index is 862. The molecule has 1 aliphatic carbocycles. The standard InChI is InChI=1S/C24H32N4O2/c1-28(2)23(29)17-26-24(25-15-14-18-8-12-22(30-3)13-9-18)27-21-11-10-19-6-4-5-7-20(19)16-21/h4-9,12-13,21H,10-11,14-17H2,1-3H3,(H2,25,26,27). The van der Waals surface area contributed by atoms with Crippen LogP contribution in [-0.2, 0) is 24.1 Å². The van der Waals surface area contributed by atoms with Gasteiger partial charge in [0.15, 0.2) is 5.96 Å². The summed E-state index contributed by atoms with van der Waals surface area (Å²) in [5.74, 6) is 1.54. The molecule has 0 fully saturated rings. The molecule has 0 spiro atoms. The highest BCUT2D eigenvalue weighted by atomic mass is 16.5. The van der Waals surface area contributed by atoms with Gasteiger partial charge in [-0.2, -0.15) is 0 Å². The van der Waals surface area contributed by atoms with E-state index >= 15 is 0 Å². The summed E-state index contributed by atoms with van der Waals surface area (Å²) in [6.45, 7) is 0.867.